The first-order chi connectivity index (χ1) is 8.92. The number of benzene rings is 1. The highest BCUT2D eigenvalue weighted by Gasteiger charge is 2.62. The van der Waals surface area contributed by atoms with Crippen molar-refractivity contribution in [2.75, 3.05) is 5.75 Å². The molecule has 19 heavy (non-hydrogen) atoms. The summed E-state index contributed by atoms with van der Waals surface area (Å²) in [5.74, 6) is -2.22. The molecule has 0 bridgehead atoms. The van der Waals surface area contributed by atoms with Gasteiger partial charge < -0.3 is 5.11 Å². The van der Waals surface area contributed by atoms with Crippen LogP contribution >= 0.6 is 0 Å². The second-order valence-electron chi connectivity index (χ2n) is 4.90. The van der Waals surface area contributed by atoms with Gasteiger partial charge in [-0.2, -0.15) is 0 Å². The van der Waals surface area contributed by atoms with E-state index in [1.54, 1.807) is 6.92 Å². The Morgan fingerprint density at radius 2 is 1.79 bits per heavy atom. The lowest BCUT2D eigenvalue weighted by atomic mass is 10.1. The molecule has 5 heteroatoms. The van der Waals surface area contributed by atoms with Gasteiger partial charge in [-0.15, -0.1) is 0 Å². The van der Waals surface area contributed by atoms with Gasteiger partial charge in [0.2, 0.25) is 0 Å². The van der Waals surface area contributed by atoms with E-state index in [4.69, 9.17) is 5.11 Å². The molecule has 1 saturated carbocycles. The summed E-state index contributed by atoms with van der Waals surface area (Å²) in [4.78, 5) is 11.2. The van der Waals surface area contributed by atoms with Crippen molar-refractivity contribution in [2.24, 2.45) is 5.92 Å². The topological polar surface area (TPSA) is 71.4 Å². The van der Waals surface area contributed by atoms with Crippen LogP contribution in [0, 0.1) is 5.92 Å². The van der Waals surface area contributed by atoms with E-state index in [0.29, 0.717) is 0 Å². The van der Waals surface area contributed by atoms with E-state index in [1.807, 2.05) is 31.2 Å². The summed E-state index contributed by atoms with van der Waals surface area (Å²) < 4.78 is 23.8. The van der Waals surface area contributed by atoms with Gasteiger partial charge in [-0.05, 0) is 17.5 Å². The number of sulfone groups is 1. The number of hydrogen-bond acceptors (Lipinski definition) is 3. The molecule has 1 fully saturated rings. The van der Waals surface area contributed by atoms with E-state index in [2.05, 4.69) is 0 Å². The van der Waals surface area contributed by atoms with Gasteiger partial charge in [0.15, 0.2) is 9.84 Å². The highest BCUT2D eigenvalue weighted by molar-refractivity contribution is 7.92. The Morgan fingerprint density at radius 3 is 2.21 bits per heavy atom. The Kier molecular flexibility index (Phi) is 3.67. The first-order valence-corrected chi connectivity index (χ1v) is 8.17. The van der Waals surface area contributed by atoms with Crippen LogP contribution < -0.4 is 0 Å². The minimum Gasteiger partial charge on any atom is -0.481 e. The second kappa shape index (κ2) is 4.96. The van der Waals surface area contributed by atoms with Crippen molar-refractivity contribution >= 4 is 15.8 Å². The molecule has 0 spiro atoms. The predicted molar refractivity (Wildman–Crippen MR) is 72.9 cm³/mol. The third kappa shape index (κ3) is 2.52. The number of rotatable bonds is 5. The standard InChI is InChI=1S/C14H18O4S/c1-3-9-5-7-10(8-6-9)11-12(14(15)16)13(11)19(17,18)4-2/h5-8,11-13H,3-4H2,1-2H3,(H,15,16)/t11-,12+,13+/m0/s1. The third-order valence-electron chi connectivity index (χ3n) is 3.83. The number of carboxylic acid groups (broad SMARTS) is 1. The fourth-order valence-electron chi connectivity index (χ4n) is 2.59. The molecule has 1 aromatic carbocycles. The van der Waals surface area contributed by atoms with Gasteiger partial charge in [0, 0.05) is 11.7 Å². The molecule has 1 N–H and O–H groups in total. The molecular formula is C14H18O4S. The number of hydrogen-bond donors (Lipinski definition) is 1. The van der Waals surface area contributed by atoms with E-state index in [9.17, 15) is 13.2 Å². The average Bonchev–Trinajstić information content (AvgIpc) is 3.15. The van der Waals surface area contributed by atoms with Gasteiger partial charge in [0.1, 0.15) is 0 Å². The lowest BCUT2D eigenvalue weighted by molar-refractivity contribution is -0.138. The smallest absolute Gasteiger partial charge is 0.308 e. The SMILES string of the molecule is CCc1ccc([C@H]2[C@@H](C(=O)O)[C@@H]2S(=O)(=O)CC)cc1. The van der Waals surface area contributed by atoms with E-state index in [1.165, 1.54) is 0 Å². The Morgan fingerprint density at radius 1 is 1.21 bits per heavy atom. The van der Waals surface area contributed by atoms with Crippen molar-refractivity contribution in [1.82, 2.24) is 0 Å². The highest BCUT2D eigenvalue weighted by Crippen LogP contribution is 2.52. The number of aliphatic carboxylic acids is 1. The first kappa shape index (κ1) is 14.1. The van der Waals surface area contributed by atoms with Crippen molar-refractivity contribution in [1.29, 1.82) is 0 Å². The van der Waals surface area contributed by atoms with Crippen LogP contribution in [0.2, 0.25) is 0 Å². The average molecular weight is 282 g/mol. The summed E-state index contributed by atoms with van der Waals surface area (Å²) in [5.41, 5.74) is 1.97. The second-order valence-corrected chi connectivity index (χ2v) is 7.35. The molecule has 0 saturated heterocycles. The van der Waals surface area contributed by atoms with Crippen LogP contribution in [0.5, 0.6) is 0 Å². The predicted octanol–water partition coefficient (Wildman–Crippen LogP) is 1.85. The minimum absolute atomic E-state index is 0.00894. The van der Waals surface area contributed by atoms with Crippen LogP contribution in [0.1, 0.15) is 30.9 Å². The maximum atomic E-state index is 11.9. The molecule has 0 heterocycles. The minimum atomic E-state index is -3.31. The summed E-state index contributed by atoms with van der Waals surface area (Å²) in [6.07, 6.45) is 0.907. The van der Waals surface area contributed by atoms with Crippen LogP contribution in [-0.2, 0) is 21.1 Å². The quantitative estimate of drug-likeness (QED) is 0.894. The summed E-state index contributed by atoms with van der Waals surface area (Å²) >= 11 is 0. The van der Waals surface area contributed by atoms with Gasteiger partial charge >= 0.3 is 5.97 Å². The number of carboxylic acids is 1. The van der Waals surface area contributed by atoms with Crippen LogP contribution in [0.4, 0.5) is 0 Å². The maximum Gasteiger partial charge on any atom is 0.308 e. The third-order valence-corrected chi connectivity index (χ3v) is 6.05. The molecule has 0 radical (unpaired) electrons. The van der Waals surface area contributed by atoms with Crippen molar-refractivity contribution in [3.05, 3.63) is 35.4 Å². The monoisotopic (exact) mass is 282 g/mol. The normalized spacial score (nSPS) is 26.1. The van der Waals surface area contributed by atoms with Crippen LogP contribution in [0.3, 0.4) is 0 Å². The molecular weight excluding hydrogens is 264 g/mol. The van der Waals surface area contributed by atoms with Crippen LogP contribution in [0.15, 0.2) is 24.3 Å². The largest absolute Gasteiger partial charge is 0.481 e. The summed E-state index contributed by atoms with van der Waals surface area (Å²) in [6.45, 7) is 3.60. The van der Waals surface area contributed by atoms with Gasteiger partial charge in [0.05, 0.1) is 11.2 Å². The van der Waals surface area contributed by atoms with E-state index >= 15 is 0 Å². The van der Waals surface area contributed by atoms with Crippen molar-refractivity contribution in [2.45, 2.75) is 31.4 Å². The van der Waals surface area contributed by atoms with Crippen LogP contribution in [0.25, 0.3) is 0 Å². The molecule has 4 nitrogen and oxygen atoms in total. The molecule has 1 aliphatic rings. The zero-order chi connectivity index (χ0) is 14.2. The van der Waals surface area contributed by atoms with Gasteiger partial charge in [-0.3, -0.25) is 4.79 Å². The number of carbonyl (C=O) groups is 1. The molecule has 104 valence electrons. The van der Waals surface area contributed by atoms with Crippen molar-refractivity contribution < 1.29 is 18.3 Å². The molecule has 2 rings (SSSR count). The van der Waals surface area contributed by atoms with Gasteiger partial charge in [-0.25, -0.2) is 8.42 Å². The number of aryl methyl sites for hydroxylation is 1. The molecule has 0 unspecified atom stereocenters. The lowest BCUT2D eigenvalue weighted by Gasteiger charge is -2.02. The van der Waals surface area contributed by atoms with Crippen molar-refractivity contribution in [3.63, 3.8) is 0 Å². The molecule has 3 atom stereocenters. The van der Waals surface area contributed by atoms with Crippen molar-refractivity contribution in [3.8, 4) is 0 Å². The molecule has 0 aliphatic heterocycles. The van der Waals surface area contributed by atoms with Crippen LogP contribution in [-0.4, -0.2) is 30.5 Å². The fourth-order valence-corrected chi connectivity index (χ4v) is 4.39. The molecule has 0 aromatic heterocycles. The Bertz CT molecular complexity index is 574. The maximum absolute atomic E-state index is 11.9. The summed E-state index contributed by atoms with van der Waals surface area (Å²) in [6, 6.07) is 7.57. The van der Waals surface area contributed by atoms with E-state index in [0.717, 1.165) is 17.5 Å². The summed E-state index contributed by atoms with van der Waals surface area (Å²) in [7, 11) is -3.31. The zero-order valence-corrected chi connectivity index (χ0v) is 11.9. The summed E-state index contributed by atoms with van der Waals surface area (Å²) in [5, 5.41) is 8.39. The zero-order valence-electron chi connectivity index (χ0n) is 11.0. The lowest BCUT2D eigenvalue weighted by Crippen LogP contribution is -2.14. The fraction of sp³-hybridized carbons (Fsp3) is 0.500. The molecule has 0 amide bonds. The van der Waals surface area contributed by atoms with E-state index in [-0.39, 0.29) is 5.75 Å². The van der Waals surface area contributed by atoms with E-state index < -0.39 is 32.9 Å². The Labute approximate surface area is 113 Å². The first-order valence-electron chi connectivity index (χ1n) is 6.45. The Hall–Kier alpha value is -1.36. The molecule has 1 aliphatic carbocycles. The van der Waals surface area contributed by atoms with Gasteiger partial charge in [-0.1, -0.05) is 38.1 Å². The van der Waals surface area contributed by atoms with Gasteiger partial charge in [0.25, 0.3) is 0 Å². The Balaban J connectivity index is 2.30. The molecule has 1 aromatic rings. The highest BCUT2D eigenvalue weighted by atomic mass is 32.2.